The lowest BCUT2D eigenvalue weighted by Gasteiger charge is -2.20. The molecule has 0 spiro atoms. The lowest BCUT2D eigenvalue weighted by molar-refractivity contribution is -0.149. The topological polar surface area (TPSA) is 183 Å². The quantitative estimate of drug-likeness (QED) is 0.0460. The Balaban J connectivity index is 2.33. The molecule has 1 aromatic carbocycles. The summed E-state index contributed by atoms with van der Waals surface area (Å²) < 4.78 is 12.6. The first-order valence-electron chi connectivity index (χ1n) is 19.7. The van der Waals surface area contributed by atoms with Crippen LogP contribution in [0.2, 0.25) is 1.41 Å². The molecule has 0 aliphatic carbocycles. The summed E-state index contributed by atoms with van der Waals surface area (Å²) in [6.07, 6.45) is 21.0. The van der Waals surface area contributed by atoms with E-state index in [-0.39, 0.29) is 25.4 Å². The van der Waals surface area contributed by atoms with E-state index in [4.69, 9.17) is 11.9 Å². The number of carbonyl (C=O) groups is 5. The monoisotopic (exact) mass is 703 g/mol. The van der Waals surface area contributed by atoms with Crippen molar-refractivity contribution in [1.82, 2.24) is 16.0 Å². The number of amides is 4. The molecule has 7 N–H and O–H groups in total. The molecule has 50 heavy (non-hydrogen) atoms. The Morgan fingerprint density at radius 2 is 1.28 bits per heavy atom. The van der Waals surface area contributed by atoms with Gasteiger partial charge in [0.05, 0.1) is 6.04 Å². The van der Waals surface area contributed by atoms with Crippen molar-refractivity contribution in [3.05, 3.63) is 35.9 Å². The maximum atomic E-state index is 13.0. The van der Waals surface area contributed by atoms with E-state index < -0.39 is 41.8 Å². The number of rotatable bonds is 32. The van der Waals surface area contributed by atoms with Crippen molar-refractivity contribution in [2.75, 3.05) is 6.54 Å². The van der Waals surface area contributed by atoms with E-state index in [2.05, 4.69) is 22.9 Å². The van der Waals surface area contributed by atoms with Crippen LogP contribution in [-0.4, -0.2) is 54.3 Å². The summed E-state index contributed by atoms with van der Waals surface area (Å²) in [5.74, 6) is -2.46. The predicted octanol–water partition coefficient (Wildman–Crippen LogP) is 5.86. The van der Waals surface area contributed by atoms with Crippen LogP contribution in [0.4, 0.5) is 0 Å². The van der Waals surface area contributed by atoms with Gasteiger partial charge in [-0.15, -0.1) is 0 Å². The van der Waals surface area contributed by atoms with E-state index in [1.54, 1.807) is 0 Å². The fourth-order valence-corrected chi connectivity index (χ4v) is 5.65. The summed E-state index contributed by atoms with van der Waals surface area (Å²) in [6.45, 7) is 4.24. The zero-order chi connectivity index (χ0) is 37.5. The highest BCUT2D eigenvalue weighted by molar-refractivity contribution is 5.89. The minimum Gasteiger partial charge on any atom is -0.459 e. The molecule has 1 rings (SSSR count). The molecule has 3 atom stereocenters. The number of nitrogens with two attached hydrogens (primary N) is 2. The molecule has 11 heteroatoms. The maximum Gasteiger partial charge on any atom is 0.328 e. The second kappa shape index (κ2) is 29.3. The molecule has 0 aliphatic heterocycles. The lowest BCUT2D eigenvalue weighted by Crippen LogP contribution is -2.50. The molecule has 4 amide bonds. The van der Waals surface area contributed by atoms with Gasteiger partial charge in [0.15, 0.2) is 0 Å². The van der Waals surface area contributed by atoms with Crippen LogP contribution in [0.15, 0.2) is 30.3 Å². The van der Waals surface area contributed by atoms with Crippen LogP contribution in [0, 0.1) is 0 Å². The largest absolute Gasteiger partial charge is 0.459 e. The molecule has 11 nitrogen and oxygen atoms in total. The van der Waals surface area contributed by atoms with Crippen molar-refractivity contribution in [3.63, 3.8) is 0 Å². The number of benzene rings is 1. The molecule has 0 bridgehead atoms. The fraction of sp³-hybridized carbons (Fsp3) is 0.718. The van der Waals surface area contributed by atoms with Crippen LogP contribution in [0.5, 0.6) is 0 Å². The van der Waals surface area contributed by atoms with Gasteiger partial charge in [0.2, 0.25) is 23.6 Å². The predicted molar refractivity (Wildman–Crippen MR) is 199 cm³/mol. The first kappa shape index (κ1) is 42.7. The molecule has 0 radical (unpaired) electrons. The van der Waals surface area contributed by atoms with Gasteiger partial charge in [0.25, 0.3) is 0 Å². The van der Waals surface area contributed by atoms with Crippen LogP contribution >= 0.6 is 0 Å². The fourth-order valence-electron chi connectivity index (χ4n) is 5.65. The van der Waals surface area contributed by atoms with E-state index in [0.29, 0.717) is 32.2 Å². The molecule has 284 valence electrons. The number of hydrogen-bond acceptors (Lipinski definition) is 7. The molecule has 0 aliphatic rings. The van der Waals surface area contributed by atoms with Crippen molar-refractivity contribution in [2.45, 2.75) is 173 Å². The summed E-state index contributed by atoms with van der Waals surface area (Å²) in [5.41, 5.74) is 8.24. The molecule has 1 aromatic rings. The van der Waals surface area contributed by atoms with Crippen LogP contribution in [0.3, 0.4) is 0 Å². The van der Waals surface area contributed by atoms with Gasteiger partial charge in [0.1, 0.15) is 20.1 Å². The molecular weight excluding hydrogens is 634 g/mol. The molecule has 0 saturated carbocycles. The van der Waals surface area contributed by atoms with Gasteiger partial charge in [-0.1, -0.05) is 127 Å². The van der Waals surface area contributed by atoms with Gasteiger partial charge in [-0.05, 0) is 44.6 Å². The molecular formula is C39H67N5O6. The Morgan fingerprint density at radius 1 is 0.700 bits per heavy atom. The van der Waals surface area contributed by atoms with Crippen LogP contribution < -0.4 is 27.4 Å². The van der Waals surface area contributed by atoms with Crippen molar-refractivity contribution in [2.24, 2.45) is 11.5 Å². The summed E-state index contributed by atoms with van der Waals surface area (Å²) in [4.78, 5) is 62.0. The zero-order valence-electron chi connectivity index (χ0n) is 31.9. The van der Waals surface area contributed by atoms with Gasteiger partial charge in [0, 0.05) is 19.4 Å². The number of esters is 1. The van der Waals surface area contributed by atoms with E-state index in [1.807, 2.05) is 36.1 Å². The lowest BCUT2D eigenvalue weighted by atomic mass is 10.0. The minimum absolute atomic E-state index is 0.0285. The number of unbranched alkanes of at least 4 members (excludes halogenated alkanes) is 15. The van der Waals surface area contributed by atoms with E-state index >= 15 is 0 Å². The number of primary amides is 1. The van der Waals surface area contributed by atoms with Gasteiger partial charge in [-0.3, -0.25) is 19.2 Å². The number of ether oxygens (including phenoxy) is 1. The van der Waals surface area contributed by atoms with Crippen molar-refractivity contribution in [3.8, 4) is 0 Å². The second-order valence-corrected chi connectivity index (χ2v) is 13.5. The van der Waals surface area contributed by atoms with Gasteiger partial charge in [-0.25, -0.2) is 4.79 Å². The highest BCUT2D eigenvalue weighted by Gasteiger charge is 2.25. The first-order chi connectivity index (χ1) is 24.7. The summed E-state index contributed by atoms with van der Waals surface area (Å²) in [6, 6.07) is 6.29. The third-order valence-electron chi connectivity index (χ3n) is 8.81. The average Bonchev–Trinajstić information content (AvgIpc) is 3.13. The van der Waals surface area contributed by atoms with E-state index in [9.17, 15) is 24.0 Å². The van der Waals surface area contributed by atoms with Crippen molar-refractivity contribution in [1.29, 1.82) is 0 Å². The van der Waals surface area contributed by atoms with Crippen molar-refractivity contribution < 1.29 is 30.1 Å². The Kier molecular flexibility index (Phi) is 25.0. The van der Waals surface area contributed by atoms with Crippen LogP contribution in [0.25, 0.3) is 0 Å². The second-order valence-electron chi connectivity index (χ2n) is 13.5. The Hall–Kier alpha value is -3.47. The maximum absolute atomic E-state index is 13.0. The van der Waals surface area contributed by atoms with E-state index in [1.165, 1.54) is 90.4 Å². The Morgan fingerprint density at radius 3 is 1.84 bits per heavy atom. The number of nitrogens with one attached hydrogen (secondary N) is 3. The van der Waals surface area contributed by atoms with Gasteiger partial charge in [-0.2, -0.15) is 0 Å². The highest BCUT2D eigenvalue weighted by atomic mass is 16.5. The standard InChI is InChI=1S/C39H67N5O6/c1-3-4-5-6-7-8-9-10-11-12-13-14-15-16-20-26-35(45)42-29-22-21-25-34(39(49)50-30-32-23-18-17-19-24-32)43-36(46)28-27-33(37(41)47)44-38(48)31(2)40/h17-19,23-24,31,33-34H,3-16,20-22,25-30,40H2,1-2H3,(H2,41,47)(H,42,45)(H,43,46)(H,44,48)/t31-,33-,34-/m0/s1/i/hD. The van der Waals surface area contributed by atoms with E-state index in [0.717, 1.165) is 18.4 Å². The molecule has 0 unspecified atom stereocenters. The number of hydrogen-bond donors (Lipinski definition) is 5. The zero-order valence-corrected chi connectivity index (χ0v) is 30.9. The van der Waals surface area contributed by atoms with Crippen LogP contribution in [-0.2, 0) is 35.3 Å². The minimum atomic E-state index is -1.11. The van der Waals surface area contributed by atoms with Gasteiger partial charge < -0.3 is 32.1 Å². The molecule has 0 saturated heterocycles. The SMILES string of the molecule is [2H]N[C@@H](C)C(=O)N[C@@H](CCC(=O)N[C@@H](CCCCNC(=O)CCCCCCCCCCCCCCCCC)C(=O)OCc1ccccc1)C(N)=O. The molecule has 0 fully saturated rings. The normalized spacial score (nSPS) is 13.0. The summed E-state index contributed by atoms with van der Waals surface area (Å²) >= 11 is 0. The molecule has 0 aromatic heterocycles. The van der Waals surface area contributed by atoms with Crippen LogP contribution in [0.1, 0.15) is 154 Å². The highest BCUT2D eigenvalue weighted by Crippen LogP contribution is 2.14. The molecule has 0 heterocycles. The summed E-state index contributed by atoms with van der Waals surface area (Å²) in [5, 5.41) is 8.08. The van der Waals surface area contributed by atoms with Gasteiger partial charge >= 0.3 is 5.97 Å². The Labute approximate surface area is 302 Å². The first-order valence-corrected chi connectivity index (χ1v) is 19.2. The summed E-state index contributed by atoms with van der Waals surface area (Å²) in [7, 11) is 0. The average molecular weight is 703 g/mol. The van der Waals surface area contributed by atoms with Crippen molar-refractivity contribution >= 4 is 29.6 Å². The third kappa shape index (κ3) is 23.8. The number of carbonyl (C=O) groups excluding carboxylic acids is 5. The Bertz CT molecular complexity index is 1110. The smallest absolute Gasteiger partial charge is 0.328 e. The third-order valence-corrected chi connectivity index (χ3v) is 8.81.